The van der Waals surface area contributed by atoms with E-state index in [1.165, 1.54) is 4.90 Å². The second-order valence-corrected chi connectivity index (χ2v) is 4.50. The van der Waals surface area contributed by atoms with Crippen molar-refractivity contribution in [1.82, 2.24) is 4.90 Å². The van der Waals surface area contributed by atoms with Crippen molar-refractivity contribution in [1.29, 1.82) is 5.26 Å². The van der Waals surface area contributed by atoms with Crippen LogP contribution >= 0.6 is 0 Å². The second-order valence-electron chi connectivity index (χ2n) is 4.50. The molecule has 1 N–H and O–H groups in total. The van der Waals surface area contributed by atoms with E-state index in [1.54, 1.807) is 24.3 Å². The van der Waals surface area contributed by atoms with Crippen LogP contribution in [0.15, 0.2) is 24.3 Å². The Morgan fingerprint density at radius 3 is 3.05 bits per heavy atom. The van der Waals surface area contributed by atoms with Gasteiger partial charge in [0.25, 0.3) is 0 Å². The van der Waals surface area contributed by atoms with Crippen LogP contribution in [0.3, 0.4) is 0 Å². The molecule has 106 valence electrons. The Bertz CT molecular complexity index is 512. The predicted octanol–water partition coefficient (Wildman–Crippen LogP) is 1.71. The van der Waals surface area contributed by atoms with Crippen molar-refractivity contribution in [3.8, 4) is 11.8 Å². The van der Waals surface area contributed by atoms with Crippen LogP contribution in [-0.4, -0.2) is 48.5 Å². The van der Waals surface area contributed by atoms with E-state index in [-0.39, 0.29) is 6.10 Å². The van der Waals surface area contributed by atoms with Crippen molar-refractivity contribution < 1.29 is 19.4 Å². The monoisotopic (exact) mass is 276 g/mol. The number of likely N-dealkylation sites (tertiary alicyclic amines) is 1. The minimum atomic E-state index is -0.902. The van der Waals surface area contributed by atoms with E-state index >= 15 is 0 Å². The fourth-order valence-corrected chi connectivity index (χ4v) is 2.07. The summed E-state index contributed by atoms with van der Waals surface area (Å²) in [4.78, 5) is 12.1. The lowest BCUT2D eigenvalue weighted by Crippen LogP contribution is -2.28. The third-order valence-electron chi connectivity index (χ3n) is 3.08. The summed E-state index contributed by atoms with van der Waals surface area (Å²) in [6.45, 7) is 1.71. The largest absolute Gasteiger partial charge is 0.491 e. The highest BCUT2D eigenvalue weighted by atomic mass is 16.5. The van der Waals surface area contributed by atoms with Crippen molar-refractivity contribution in [2.45, 2.75) is 12.5 Å². The lowest BCUT2D eigenvalue weighted by Gasteiger charge is -2.13. The molecular formula is C14H16N2O4. The van der Waals surface area contributed by atoms with Gasteiger partial charge >= 0.3 is 6.09 Å². The van der Waals surface area contributed by atoms with Crippen molar-refractivity contribution in [2.24, 2.45) is 0 Å². The Hall–Kier alpha value is -2.26. The molecule has 1 fully saturated rings. The quantitative estimate of drug-likeness (QED) is 0.828. The molecule has 1 saturated heterocycles. The molecule has 0 spiro atoms. The summed E-state index contributed by atoms with van der Waals surface area (Å²) in [6, 6.07) is 8.97. The molecule has 1 aromatic carbocycles. The lowest BCUT2D eigenvalue weighted by atomic mass is 10.2. The van der Waals surface area contributed by atoms with Crippen LogP contribution in [0.4, 0.5) is 4.79 Å². The third kappa shape index (κ3) is 3.87. The zero-order valence-electron chi connectivity index (χ0n) is 11.0. The fourth-order valence-electron chi connectivity index (χ4n) is 2.07. The number of rotatable bonds is 5. The molecule has 1 aromatic rings. The van der Waals surface area contributed by atoms with Crippen LogP contribution in [0, 0.1) is 11.3 Å². The first-order valence-electron chi connectivity index (χ1n) is 6.41. The highest BCUT2D eigenvalue weighted by Gasteiger charge is 2.26. The molecule has 1 aliphatic rings. The average molecular weight is 276 g/mol. The SMILES string of the molecule is N#Cc1cccc(OCCO[C@@H]2CCN(C(=O)O)C2)c1. The number of nitriles is 1. The number of benzene rings is 1. The van der Waals surface area contributed by atoms with Gasteiger partial charge in [-0.05, 0) is 24.6 Å². The van der Waals surface area contributed by atoms with Gasteiger partial charge in [-0.25, -0.2) is 4.79 Å². The van der Waals surface area contributed by atoms with Crippen LogP contribution in [0.2, 0.25) is 0 Å². The Kier molecular flexibility index (Phi) is 4.80. The summed E-state index contributed by atoms with van der Waals surface area (Å²) >= 11 is 0. The fraction of sp³-hybridized carbons (Fsp3) is 0.429. The van der Waals surface area contributed by atoms with Crippen molar-refractivity contribution in [3.63, 3.8) is 0 Å². The van der Waals surface area contributed by atoms with E-state index in [0.717, 1.165) is 6.42 Å². The predicted molar refractivity (Wildman–Crippen MR) is 70.6 cm³/mol. The highest BCUT2D eigenvalue weighted by Crippen LogP contribution is 2.14. The van der Waals surface area contributed by atoms with Crippen LogP contribution in [0.1, 0.15) is 12.0 Å². The summed E-state index contributed by atoms with van der Waals surface area (Å²) in [5, 5.41) is 17.6. The summed E-state index contributed by atoms with van der Waals surface area (Å²) < 4.78 is 11.0. The van der Waals surface area contributed by atoms with Gasteiger partial charge in [-0.3, -0.25) is 0 Å². The Labute approximate surface area is 117 Å². The molecule has 0 radical (unpaired) electrons. The first-order chi connectivity index (χ1) is 9.69. The van der Waals surface area contributed by atoms with Gasteiger partial charge in [0.15, 0.2) is 0 Å². The van der Waals surface area contributed by atoms with E-state index in [2.05, 4.69) is 0 Å². The van der Waals surface area contributed by atoms with Crippen molar-refractivity contribution in [2.75, 3.05) is 26.3 Å². The summed E-state index contributed by atoms with van der Waals surface area (Å²) in [5.74, 6) is 0.631. The van der Waals surface area contributed by atoms with Crippen molar-refractivity contribution >= 4 is 6.09 Å². The number of hydrogen-bond donors (Lipinski definition) is 1. The first-order valence-corrected chi connectivity index (χ1v) is 6.41. The molecule has 1 atom stereocenters. The Morgan fingerprint density at radius 1 is 1.50 bits per heavy atom. The summed E-state index contributed by atoms with van der Waals surface area (Å²) in [5.41, 5.74) is 0.552. The van der Waals surface area contributed by atoms with E-state index in [0.29, 0.717) is 37.6 Å². The maximum atomic E-state index is 10.7. The zero-order chi connectivity index (χ0) is 14.4. The summed E-state index contributed by atoms with van der Waals surface area (Å²) in [6.07, 6.45) is -0.239. The number of amides is 1. The molecule has 6 nitrogen and oxygen atoms in total. The van der Waals surface area contributed by atoms with Gasteiger partial charge < -0.3 is 19.5 Å². The van der Waals surface area contributed by atoms with Gasteiger partial charge in [-0.15, -0.1) is 0 Å². The van der Waals surface area contributed by atoms with Crippen LogP contribution in [0.5, 0.6) is 5.75 Å². The van der Waals surface area contributed by atoms with E-state index in [4.69, 9.17) is 19.8 Å². The van der Waals surface area contributed by atoms with Crippen molar-refractivity contribution in [3.05, 3.63) is 29.8 Å². The van der Waals surface area contributed by atoms with Crippen LogP contribution in [0.25, 0.3) is 0 Å². The maximum absolute atomic E-state index is 10.7. The van der Waals surface area contributed by atoms with Crippen LogP contribution < -0.4 is 4.74 Å². The Morgan fingerprint density at radius 2 is 2.35 bits per heavy atom. The van der Waals surface area contributed by atoms with E-state index in [9.17, 15) is 4.79 Å². The van der Waals surface area contributed by atoms with Gasteiger partial charge in [0.1, 0.15) is 12.4 Å². The van der Waals surface area contributed by atoms with Gasteiger partial charge in [0.05, 0.1) is 30.9 Å². The summed E-state index contributed by atoms with van der Waals surface area (Å²) in [7, 11) is 0. The topological polar surface area (TPSA) is 82.8 Å². The Balaban J connectivity index is 1.67. The molecule has 20 heavy (non-hydrogen) atoms. The zero-order valence-corrected chi connectivity index (χ0v) is 11.0. The average Bonchev–Trinajstić information content (AvgIpc) is 2.93. The molecular weight excluding hydrogens is 260 g/mol. The standard InChI is InChI=1S/C14H16N2O4/c15-9-11-2-1-3-12(8-11)19-6-7-20-13-4-5-16(10-13)14(17)18/h1-3,8,13H,4-7,10H2,(H,17,18)/t13-/m1/s1. The highest BCUT2D eigenvalue weighted by molar-refractivity contribution is 5.65. The third-order valence-corrected chi connectivity index (χ3v) is 3.08. The second kappa shape index (κ2) is 6.78. The molecule has 1 amide bonds. The lowest BCUT2D eigenvalue weighted by molar-refractivity contribution is 0.0393. The van der Waals surface area contributed by atoms with Gasteiger partial charge in [0, 0.05) is 6.54 Å². The van der Waals surface area contributed by atoms with Crippen LogP contribution in [-0.2, 0) is 4.74 Å². The molecule has 0 unspecified atom stereocenters. The number of ether oxygens (including phenoxy) is 2. The molecule has 1 heterocycles. The van der Waals surface area contributed by atoms with Gasteiger partial charge in [0.2, 0.25) is 0 Å². The molecule has 1 aliphatic heterocycles. The first kappa shape index (κ1) is 14.2. The minimum Gasteiger partial charge on any atom is -0.491 e. The number of hydrogen-bond acceptors (Lipinski definition) is 4. The molecule has 0 aliphatic carbocycles. The molecule has 6 heteroatoms. The molecule has 0 aromatic heterocycles. The number of carbonyl (C=O) groups is 1. The van der Waals surface area contributed by atoms with E-state index in [1.807, 2.05) is 6.07 Å². The minimum absolute atomic E-state index is 0.0554. The van der Waals surface area contributed by atoms with Gasteiger partial charge in [-0.1, -0.05) is 6.07 Å². The van der Waals surface area contributed by atoms with E-state index < -0.39 is 6.09 Å². The molecule has 0 saturated carbocycles. The van der Waals surface area contributed by atoms with Gasteiger partial charge in [-0.2, -0.15) is 5.26 Å². The normalized spacial score (nSPS) is 17.8. The molecule has 0 bridgehead atoms. The molecule has 2 rings (SSSR count). The maximum Gasteiger partial charge on any atom is 0.407 e. The number of nitrogens with zero attached hydrogens (tertiary/aromatic N) is 2. The number of carboxylic acid groups (broad SMARTS) is 1. The smallest absolute Gasteiger partial charge is 0.407 e.